The molecule has 132 valence electrons. The van der Waals surface area contributed by atoms with Gasteiger partial charge in [-0.3, -0.25) is 9.35 Å². The Labute approximate surface area is 129 Å². The fourth-order valence-corrected chi connectivity index (χ4v) is 2.47. The number of carbonyl (C=O) groups is 1. The molecule has 0 bridgehead atoms. The number of ether oxygens (including phenoxy) is 1. The van der Waals surface area contributed by atoms with E-state index in [4.69, 9.17) is 4.55 Å². The Kier molecular flexibility index (Phi) is 9.66. The lowest BCUT2D eigenvalue weighted by Crippen LogP contribution is -2.39. The van der Waals surface area contributed by atoms with Crippen LogP contribution in [-0.4, -0.2) is 37.0 Å². The van der Waals surface area contributed by atoms with Crippen molar-refractivity contribution in [2.45, 2.75) is 70.6 Å². The molecule has 5 nitrogen and oxygen atoms in total. The summed E-state index contributed by atoms with van der Waals surface area (Å²) in [5.41, 5.74) is 0. The minimum atomic E-state index is -5.04. The van der Waals surface area contributed by atoms with Gasteiger partial charge >= 0.3 is 12.1 Å². The molecule has 0 aromatic carbocycles. The van der Waals surface area contributed by atoms with E-state index < -0.39 is 34.1 Å². The monoisotopic (exact) mass is 348 g/mol. The Morgan fingerprint density at radius 1 is 1.09 bits per heavy atom. The number of halogens is 3. The van der Waals surface area contributed by atoms with Crippen LogP contribution in [-0.2, 0) is 19.6 Å². The van der Waals surface area contributed by atoms with Gasteiger partial charge in [-0.05, 0) is 6.42 Å². The molecule has 1 atom stereocenters. The van der Waals surface area contributed by atoms with Crippen molar-refractivity contribution in [1.29, 1.82) is 0 Å². The van der Waals surface area contributed by atoms with Gasteiger partial charge in [0.05, 0.1) is 0 Å². The molecule has 0 aliphatic heterocycles. The minimum absolute atomic E-state index is 0.203. The van der Waals surface area contributed by atoms with Gasteiger partial charge in [-0.1, -0.05) is 45.4 Å². The lowest BCUT2D eigenvalue weighted by Gasteiger charge is -2.19. The van der Waals surface area contributed by atoms with Gasteiger partial charge in [0.1, 0.15) is 5.75 Å². The van der Waals surface area contributed by atoms with Crippen LogP contribution in [0.25, 0.3) is 0 Å². The standard InChI is InChI=1S/C13H23F3O5S/c1-2-3-4-5-6-7-8-9-12(17)21-11(13(14,15)16)10-22(18,19)20/h11H,2-10H2,1H3,(H,18,19,20). The summed E-state index contributed by atoms with van der Waals surface area (Å²) in [4.78, 5) is 11.3. The van der Waals surface area contributed by atoms with E-state index in [2.05, 4.69) is 11.7 Å². The maximum atomic E-state index is 12.5. The van der Waals surface area contributed by atoms with E-state index in [1.165, 1.54) is 0 Å². The van der Waals surface area contributed by atoms with Crippen molar-refractivity contribution in [3.63, 3.8) is 0 Å². The number of carbonyl (C=O) groups excluding carboxylic acids is 1. The van der Waals surface area contributed by atoms with E-state index in [-0.39, 0.29) is 6.42 Å². The van der Waals surface area contributed by atoms with Crippen molar-refractivity contribution in [3.8, 4) is 0 Å². The molecule has 0 amide bonds. The van der Waals surface area contributed by atoms with Crippen molar-refractivity contribution in [1.82, 2.24) is 0 Å². The summed E-state index contributed by atoms with van der Waals surface area (Å²) in [5, 5.41) is 0. The molecule has 0 radical (unpaired) electrons. The predicted octanol–water partition coefficient (Wildman–Crippen LogP) is 3.49. The van der Waals surface area contributed by atoms with Gasteiger partial charge in [-0.15, -0.1) is 0 Å². The SMILES string of the molecule is CCCCCCCCCC(=O)OC(CS(=O)(=O)O)C(F)(F)F. The fourth-order valence-electron chi connectivity index (χ4n) is 1.83. The quantitative estimate of drug-likeness (QED) is 0.351. The topological polar surface area (TPSA) is 80.7 Å². The Hall–Kier alpha value is -0.830. The average Bonchev–Trinajstić information content (AvgIpc) is 2.34. The van der Waals surface area contributed by atoms with E-state index in [1.54, 1.807) is 0 Å². The molecule has 0 saturated carbocycles. The number of alkyl halides is 3. The zero-order chi connectivity index (χ0) is 17.2. The number of hydrogen-bond donors (Lipinski definition) is 1. The summed E-state index contributed by atoms with van der Waals surface area (Å²) in [7, 11) is -4.89. The molecule has 0 aliphatic rings. The first-order valence-corrected chi connectivity index (χ1v) is 8.88. The zero-order valence-corrected chi connectivity index (χ0v) is 13.4. The molecule has 0 aromatic heterocycles. The molecular weight excluding hydrogens is 325 g/mol. The average molecular weight is 348 g/mol. The molecule has 0 aromatic rings. The van der Waals surface area contributed by atoms with Crippen LogP contribution >= 0.6 is 0 Å². The largest absolute Gasteiger partial charge is 0.451 e. The Morgan fingerprint density at radius 3 is 2.05 bits per heavy atom. The molecule has 0 fully saturated rings. The maximum absolute atomic E-state index is 12.5. The third-order valence-electron chi connectivity index (χ3n) is 2.99. The number of rotatable bonds is 11. The number of hydrogen-bond acceptors (Lipinski definition) is 4. The normalized spacial score (nSPS) is 13.9. The fraction of sp³-hybridized carbons (Fsp3) is 0.923. The smallest absolute Gasteiger partial charge is 0.426 e. The van der Waals surface area contributed by atoms with Crippen LogP contribution in [0.5, 0.6) is 0 Å². The van der Waals surface area contributed by atoms with Gasteiger partial charge in [0.15, 0.2) is 0 Å². The molecule has 0 aliphatic carbocycles. The first kappa shape index (κ1) is 21.2. The predicted molar refractivity (Wildman–Crippen MR) is 75.0 cm³/mol. The highest BCUT2D eigenvalue weighted by Gasteiger charge is 2.45. The number of esters is 1. The van der Waals surface area contributed by atoms with Gasteiger partial charge in [0, 0.05) is 6.42 Å². The van der Waals surface area contributed by atoms with Crippen LogP contribution in [0.3, 0.4) is 0 Å². The van der Waals surface area contributed by atoms with Gasteiger partial charge in [0.2, 0.25) is 6.10 Å². The molecule has 0 rings (SSSR count). The molecule has 0 saturated heterocycles. The van der Waals surface area contributed by atoms with Gasteiger partial charge in [-0.25, -0.2) is 0 Å². The van der Waals surface area contributed by atoms with Crippen molar-refractivity contribution in [2.75, 3.05) is 5.75 Å². The molecule has 9 heteroatoms. The number of unbranched alkanes of at least 4 members (excludes halogenated alkanes) is 6. The molecule has 1 unspecified atom stereocenters. The van der Waals surface area contributed by atoms with Crippen molar-refractivity contribution in [2.24, 2.45) is 0 Å². The first-order chi connectivity index (χ1) is 10.1. The van der Waals surface area contributed by atoms with E-state index in [9.17, 15) is 26.4 Å². The van der Waals surface area contributed by atoms with Crippen LogP contribution in [0.15, 0.2) is 0 Å². The van der Waals surface area contributed by atoms with Crippen LogP contribution in [0.2, 0.25) is 0 Å². The minimum Gasteiger partial charge on any atom is -0.451 e. The summed E-state index contributed by atoms with van der Waals surface area (Å²) >= 11 is 0. The van der Waals surface area contributed by atoms with Crippen LogP contribution in [0.4, 0.5) is 13.2 Å². The lowest BCUT2D eigenvalue weighted by molar-refractivity contribution is -0.215. The zero-order valence-electron chi connectivity index (χ0n) is 12.6. The third-order valence-corrected chi connectivity index (χ3v) is 3.71. The third kappa shape index (κ3) is 11.8. The highest BCUT2D eigenvalue weighted by atomic mass is 32.2. The van der Waals surface area contributed by atoms with E-state index in [0.29, 0.717) is 12.8 Å². The van der Waals surface area contributed by atoms with Crippen LogP contribution < -0.4 is 0 Å². The summed E-state index contributed by atoms with van der Waals surface area (Å²) in [6.07, 6.45) is -1.75. The highest BCUT2D eigenvalue weighted by molar-refractivity contribution is 7.85. The van der Waals surface area contributed by atoms with Crippen molar-refractivity contribution in [3.05, 3.63) is 0 Å². The second-order valence-electron chi connectivity index (χ2n) is 5.14. The Balaban J connectivity index is 4.09. The highest BCUT2D eigenvalue weighted by Crippen LogP contribution is 2.24. The van der Waals surface area contributed by atoms with E-state index in [1.807, 2.05) is 0 Å². The summed E-state index contributed by atoms with van der Waals surface area (Å²) in [6, 6.07) is 0. The van der Waals surface area contributed by atoms with Crippen molar-refractivity contribution >= 4 is 16.1 Å². The van der Waals surface area contributed by atoms with E-state index in [0.717, 1.165) is 32.1 Å². The Morgan fingerprint density at radius 2 is 1.59 bits per heavy atom. The lowest BCUT2D eigenvalue weighted by atomic mass is 10.1. The van der Waals surface area contributed by atoms with E-state index >= 15 is 0 Å². The van der Waals surface area contributed by atoms with Crippen LogP contribution in [0.1, 0.15) is 58.3 Å². The van der Waals surface area contributed by atoms with Gasteiger partial charge in [-0.2, -0.15) is 21.6 Å². The maximum Gasteiger partial charge on any atom is 0.426 e. The second-order valence-corrected chi connectivity index (χ2v) is 6.64. The molecule has 22 heavy (non-hydrogen) atoms. The summed E-state index contributed by atoms with van der Waals surface area (Å²) in [6.45, 7) is 2.08. The molecule has 0 heterocycles. The Bertz CT molecular complexity index is 420. The second kappa shape index (κ2) is 10.0. The summed E-state index contributed by atoms with van der Waals surface area (Å²) in [5.74, 6) is -2.79. The van der Waals surface area contributed by atoms with Crippen LogP contribution in [0, 0.1) is 0 Å². The van der Waals surface area contributed by atoms with Crippen molar-refractivity contribution < 1.29 is 35.7 Å². The molecule has 0 spiro atoms. The first-order valence-electron chi connectivity index (χ1n) is 7.27. The molecular formula is C13H23F3O5S. The van der Waals surface area contributed by atoms with Gasteiger partial charge < -0.3 is 4.74 Å². The molecule has 1 N–H and O–H groups in total. The van der Waals surface area contributed by atoms with Gasteiger partial charge in [0.25, 0.3) is 10.1 Å². The summed E-state index contributed by atoms with van der Waals surface area (Å²) < 4.78 is 71.2.